The van der Waals surface area contributed by atoms with E-state index in [-0.39, 0.29) is 53.7 Å². The maximum atomic E-state index is 14.2. The number of benzene rings is 2. The molecule has 3 amide bonds. The van der Waals surface area contributed by atoms with Crippen molar-refractivity contribution < 1.29 is 28.3 Å². The number of aromatic nitrogens is 1. The van der Waals surface area contributed by atoms with Crippen LogP contribution in [-0.4, -0.2) is 52.5 Å². The van der Waals surface area contributed by atoms with Gasteiger partial charge < -0.3 is 20.7 Å². The second kappa shape index (κ2) is 10.1. The van der Waals surface area contributed by atoms with Gasteiger partial charge in [0.15, 0.2) is 0 Å². The highest BCUT2D eigenvalue weighted by atomic mass is 35.5. The molecule has 5 rings (SSSR count). The number of hydrogen-bond donors (Lipinski definition) is 2. The van der Waals surface area contributed by atoms with Crippen LogP contribution >= 0.6 is 11.6 Å². The van der Waals surface area contributed by atoms with Gasteiger partial charge in [0.1, 0.15) is 11.9 Å². The summed E-state index contributed by atoms with van der Waals surface area (Å²) in [5, 5.41) is 3.36. The number of primary amides is 1. The Kier molecular flexibility index (Phi) is 6.83. The molecule has 9 nitrogen and oxygen atoms in total. The first-order chi connectivity index (χ1) is 18.2. The highest BCUT2D eigenvalue weighted by Gasteiger charge is 2.55. The normalized spacial score (nSPS) is 19.8. The van der Waals surface area contributed by atoms with E-state index in [0.29, 0.717) is 28.5 Å². The average molecular weight is 541 g/mol. The first-order valence-corrected chi connectivity index (χ1v) is 12.6. The number of ether oxygens (including phenoxy) is 1. The summed E-state index contributed by atoms with van der Waals surface area (Å²) in [6, 6.07) is 8.32. The van der Waals surface area contributed by atoms with Gasteiger partial charge in [0.25, 0.3) is 0 Å². The minimum Gasteiger partial charge on any atom is -0.469 e. The van der Waals surface area contributed by atoms with E-state index in [0.717, 1.165) is 6.42 Å². The first kappa shape index (κ1) is 25.7. The van der Waals surface area contributed by atoms with Gasteiger partial charge in [-0.25, -0.2) is 9.18 Å². The number of rotatable bonds is 7. The minimum atomic E-state index is -0.724. The number of nitrogens with two attached hydrogens (primary N) is 1. The Morgan fingerprint density at radius 3 is 2.66 bits per heavy atom. The third-order valence-corrected chi connectivity index (χ3v) is 7.58. The molecule has 0 radical (unpaired) electrons. The van der Waals surface area contributed by atoms with Gasteiger partial charge in [-0.05, 0) is 42.0 Å². The van der Waals surface area contributed by atoms with Crippen molar-refractivity contribution in [3.05, 3.63) is 70.1 Å². The second-order valence-electron chi connectivity index (χ2n) is 9.69. The van der Waals surface area contributed by atoms with Crippen molar-refractivity contribution in [2.24, 2.45) is 11.7 Å². The lowest BCUT2D eigenvalue weighted by Gasteiger charge is -2.27. The Morgan fingerprint density at radius 1 is 1.13 bits per heavy atom. The summed E-state index contributed by atoms with van der Waals surface area (Å²) in [6.07, 6.45) is 2.88. The number of methoxy groups -OCH3 is 1. The van der Waals surface area contributed by atoms with Crippen LogP contribution in [0.4, 0.5) is 9.18 Å². The van der Waals surface area contributed by atoms with Gasteiger partial charge in [-0.2, -0.15) is 0 Å². The molecule has 0 bridgehead atoms. The van der Waals surface area contributed by atoms with E-state index in [4.69, 9.17) is 22.1 Å². The molecular formula is C27H26ClFN4O5. The van der Waals surface area contributed by atoms with Gasteiger partial charge in [-0.15, -0.1) is 0 Å². The number of nitrogens with one attached hydrogen (secondary N) is 1. The summed E-state index contributed by atoms with van der Waals surface area (Å²) in [4.78, 5) is 51.9. The van der Waals surface area contributed by atoms with Crippen molar-refractivity contribution >= 4 is 46.3 Å². The molecule has 3 N–H and O–H groups in total. The zero-order valence-electron chi connectivity index (χ0n) is 20.6. The molecule has 1 aliphatic carbocycles. The molecule has 2 heterocycles. The highest BCUT2D eigenvalue weighted by Crippen LogP contribution is 2.48. The zero-order chi connectivity index (χ0) is 27.1. The predicted octanol–water partition coefficient (Wildman–Crippen LogP) is 2.92. The quantitative estimate of drug-likeness (QED) is 0.446. The number of amides is 3. The van der Waals surface area contributed by atoms with Gasteiger partial charge in [-0.3, -0.25) is 19.0 Å². The monoisotopic (exact) mass is 540 g/mol. The summed E-state index contributed by atoms with van der Waals surface area (Å²) >= 11 is 5.83. The van der Waals surface area contributed by atoms with Crippen LogP contribution in [0, 0.1) is 11.7 Å². The van der Waals surface area contributed by atoms with Crippen molar-refractivity contribution in [3.8, 4) is 0 Å². The maximum Gasteiger partial charge on any atom is 0.323 e. The van der Waals surface area contributed by atoms with E-state index in [1.54, 1.807) is 35.2 Å². The molecule has 3 atom stereocenters. The number of carbonyl (C=O) groups excluding carboxylic acids is 4. The molecule has 1 aromatic heterocycles. The van der Waals surface area contributed by atoms with Crippen molar-refractivity contribution in [2.45, 2.75) is 44.3 Å². The van der Waals surface area contributed by atoms with Gasteiger partial charge in [0.2, 0.25) is 11.8 Å². The third kappa shape index (κ3) is 4.83. The summed E-state index contributed by atoms with van der Waals surface area (Å²) < 4.78 is 20.2. The van der Waals surface area contributed by atoms with Crippen LogP contribution in [-0.2, 0) is 38.5 Å². The molecule has 2 aromatic carbocycles. The Morgan fingerprint density at radius 2 is 1.92 bits per heavy atom. The van der Waals surface area contributed by atoms with Crippen molar-refractivity contribution in [1.29, 1.82) is 0 Å². The molecule has 1 saturated carbocycles. The van der Waals surface area contributed by atoms with Gasteiger partial charge in [0, 0.05) is 29.7 Å². The lowest BCUT2D eigenvalue weighted by atomic mass is 10.1. The number of hydrogen-bond acceptors (Lipinski definition) is 5. The number of halogens is 2. The molecule has 2 aliphatic rings. The fourth-order valence-electron chi connectivity index (χ4n) is 5.30. The highest BCUT2D eigenvalue weighted by molar-refractivity contribution is 6.30. The Bertz CT molecular complexity index is 1470. The minimum absolute atomic E-state index is 0.0164. The molecule has 1 aliphatic heterocycles. The lowest BCUT2D eigenvalue weighted by molar-refractivity contribution is -0.139. The zero-order valence-corrected chi connectivity index (χ0v) is 21.3. The lowest BCUT2D eigenvalue weighted by Crippen LogP contribution is -2.48. The Balaban J connectivity index is 1.34. The molecule has 3 aromatic rings. The van der Waals surface area contributed by atoms with Crippen LogP contribution in [0.15, 0.2) is 42.6 Å². The van der Waals surface area contributed by atoms with Gasteiger partial charge >= 0.3 is 12.0 Å². The van der Waals surface area contributed by atoms with E-state index < -0.39 is 23.9 Å². The van der Waals surface area contributed by atoms with E-state index >= 15 is 0 Å². The number of piperidine rings is 1. The van der Waals surface area contributed by atoms with Crippen molar-refractivity contribution in [1.82, 2.24) is 14.8 Å². The predicted molar refractivity (Wildman–Crippen MR) is 137 cm³/mol. The van der Waals surface area contributed by atoms with Gasteiger partial charge in [0.05, 0.1) is 30.5 Å². The van der Waals surface area contributed by atoms with E-state index in [1.165, 1.54) is 23.9 Å². The van der Waals surface area contributed by atoms with E-state index in [1.807, 2.05) is 0 Å². The molecule has 38 heavy (non-hydrogen) atoms. The van der Waals surface area contributed by atoms with Crippen LogP contribution in [0.1, 0.15) is 29.5 Å². The SMILES string of the molecule is COC(=O)Cc1ccc2c(CC(=O)N3[C@@H]4C[C@@H]4C[C@H]3C(=O)NCc3cccc(Cl)c3F)cn(C(N)=O)c2c1. The molecule has 2 fully saturated rings. The fourth-order valence-corrected chi connectivity index (χ4v) is 5.50. The largest absolute Gasteiger partial charge is 0.469 e. The van der Waals surface area contributed by atoms with E-state index in [9.17, 15) is 23.6 Å². The number of esters is 1. The Hall–Kier alpha value is -3.92. The van der Waals surface area contributed by atoms with Crippen LogP contribution in [0.2, 0.25) is 5.02 Å². The topological polar surface area (TPSA) is 124 Å². The molecule has 0 unspecified atom stereocenters. The molecule has 198 valence electrons. The summed E-state index contributed by atoms with van der Waals surface area (Å²) in [7, 11) is 1.29. The van der Waals surface area contributed by atoms with E-state index in [2.05, 4.69) is 5.32 Å². The average Bonchev–Trinajstić information content (AvgIpc) is 3.40. The number of likely N-dealkylation sites (tertiary alicyclic amines) is 1. The Labute approximate surface area is 222 Å². The number of nitrogens with zero attached hydrogens (tertiary/aromatic N) is 2. The summed E-state index contributed by atoms with van der Waals surface area (Å²) in [6.45, 7) is -0.0426. The fraction of sp³-hybridized carbons (Fsp3) is 0.333. The van der Waals surface area contributed by atoms with Crippen LogP contribution in [0.25, 0.3) is 10.9 Å². The second-order valence-corrected chi connectivity index (χ2v) is 10.1. The van der Waals surface area contributed by atoms with Crippen LogP contribution in [0.3, 0.4) is 0 Å². The standard InChI is InChI=1S/C27H26ClFN4O5/c1-38-24(35)8-14-5-6-18-17(13-32(27(30)37)21(18)7-14)11-23(34)33-20-9-16(20)10-22(33)26(36)31-12-15-3-2-4-19(28)25(15)29/h2-7,13,16,20,22H,8-12H2,1H3,(H2,30,37)(H,31,36)/t16-,20-,22+/m1/s1. The smallest absolute Gasteiger partial charge is 0.323 e. The van der Waals surface area contributed by atoms with Crippen LogP contribution < -0.4 is 11.1 Å². The molecule has 1 saturated heterocycles. The van der Waals surface area contributed by atoms with Gasteiger partial charge in [-0.1, -0.05) is 35.9 Å². The van der Waals surface area contributed by atoms with Crippen molar-refractivity contribution in [2.75, 3.05) is 7.11 Å². The first-order valence-electron chi connectivity index (χ1n) is 12.2. The molecule has 11 heteroatoms. The van der Waals surface area contributed by atoms with Crippen molar-refractivity contribution in [3.63, 3.8) is 0 Å². The molecule has 0 spiro atoms. The van der Waals surface area contributed by atoms with Crippen LogP contribution in [0.5, 0.6) is 0 Å². The maximum absolute atomic E-state index is 14.2. The number of fused-ring (bicyclic) bond motifs is 2. The summed E-state index contributed by atoms with van der Waals surface area (Å²) in [5.41, 5.74) is 7.52. The number of carbonyl (C=O) groups is 4. The molecular weight excluding hydrogens is 515 g/mol. The summed E-state index contributed by atoms with van der Waals surface area (Å²) in [5.74, 6) is -1.35. The third-order valence-electron chi connectivity index (χ3n) is 7.29.